The molecule has 2 aromatic rings. The van der Waals surface area contributed by atoms with Gasteiger partial charge in [0.2, 0.25) is 0 Å². The van der Waals surface area contributed by atoms with Gasteiger partial charge in [-0.15, -0.1) is 0 Å². The Morgan fingerprint density at radius 3 is 2.85 bits per heavy atom. The molecule has 0 bridgehead atoms. The third-order valence-corrected chi connectivity index (χ3v) is 3.71. The molecule has 106 valence electrons. The molecule has 2 rings (SSSR count). The van der Waals surface area contributed by atoms with E-state index < -0.39 is 0 Å². The van der Waals surface area contributed by atoms with Gasteiger partial charge in [0.25, 0.3) is 0 Å². The van der Waals surface area contributed by atoms with Crippen LogP contribution >= 0.6 is 15.9 Å². The van der Waals surface area contributed by atoms with Gasteiger partial charge in [-0.2, -0.15) is 0 Å². The third-order valence-electron chi connectivity index (χ3n) is 3.04. The van der Waals surface area contributed by atoms with Crippen molar-refractivity contribution in [3.8, 4) is 0 Å². The molecule has 5 heteroatoms. The van der Waals surface area contributed by atoms with Gasteiger partial charge in [-0.05, 0) is 65.1 Å². The number of nitrogens with one attached hydrogen (secondary N) is 1. The first-order valence-electron chi connectivity index (χ1n) is 6.75. The van der Waals surface area contributed by atoms with E-state index in [4.69, 9.17) is 5.73 Å². The van der Waals surface area contributed by atoms with E-state index in [1.165, 1.54) is 0 Å². The van der Waals surface area contributed by atoms with Crippen LogP contribution in [0.1, 0.15) is 30.6 Å². The third kappa shape index (κ3) is 4.02. The van der Waals surface area contributed by atoms with Crippen LogP contribution in [-0.2, 0) is 6.42 Å². The van der Waals surface area contributed by atoms with Gasteiger partial charge in [0.1, 0.15) is 5.82 Å². The normalized spacial score (nSPS) is 12.3. The molecule has 20 heavy (non-hydrogen) atoms. The molecule has 3 N–H and O–H groups in total. The molecule has 0 saturated carbocycles. The molecule has 0 amide bonds. The summed E-state index contributed by atoms with van der Waals surface area (Å²) in [5.74, 6) is 0.553. The lowest BCUT2D eigenvalue weighted by Crippen LogP contribution is -2.25. The first kappa shape index (κ1) is 14.9. The zero-order valence-corrected chi connectivity index (χ0v) is 13.1. The Labute approximate surface area is 128 Å². The molecule has 0 fully saturated rings. The van der Waals surface area contributed by atoms with Crippen molar-refractivity contribution in [1.82, 2.24) is 15.3 Å². The lowest BCUT2D eigenvalue weighted by atomic mass is 10.0. The summed E-state index contributed by atoms with van der Waals surface area (Å²) in [7, 11) is 0. The lowest BCUT2D eigenvalue weighted by Gasteiger charge is -2.19. The van der Waals surface area contributed by atoms with E-state index in [1.807, 2.05) is 30.5 Å². The molecule has 0 saturated heterocycles. The van der Waals surface area contributed by atoms with Gasteiger partial charge >= 0.3 is 0 Å². The van der Waals surface area contributed by atoms with E-state index in [0.29, 0.717) is 5.82 Å². The maximum absolute atomic E-state index is 5.75. The topological polar surface area (TPSA) is 63.8 Å². The maximum Gasteiger partial charge on any atom is 0.123 e. The standard InChI is InChI=1S/C15H19BrN4/c1-2-6-18-13(15-12(16)4-3-7-20-15)9-11-5-8-19-14(17)10-11/h3-5,7-8,10,13,18H,2,6,9H2,1H3,(H2,17,19). The van der Waals surface area contributed by atoms with Gasteiger partial charge in [-0.1, -0.05) is 6.92 Å². The van der Waals surface area contributed by atoms with Crippen LogP contribution in [-0.4, -0.2) is 16.5 Å². The minimum absolute atomic E-state index is 0.160. The summed E-state index contributed by atoms with van der Waals surface area (Å²) >= 11 is 3.58. The van der Waals surface area contributed by atoms with Gasteiger partial charge in [-0.25, -0.2) is 4.98 Å². The monoisotopic (exact) mass is 334 g/mol. The van der Waals surface area contributed by atoms with Gasteiger partial charge < -0.3 is 11.1 Å². The molecule has 2 aromatic heterocycles. The molecule has 4 nitrogen and oxygen atoms in total. The molecule has 0 aliphatic heterocycles. The SMILES string of the molecule is CCCNC(Cc1ccnc(N)c1)c1ncccc1Br. The molecule has 0 aliphatic carbocycles. The molecule has 2 heterocycles. The summed E-state index contributed by atoms with van der Waals surface area (Å²) in [5, 5.41) is 3.54. The number of hydrogen-bond acceptors (Lipinski definition) is 4. The molecule has 0 aromatic carbocycles. The highest BCUT2D eigenvalue weighted by atomic mass is 79.9. The van der Waals surface area contributed by atoms with Crippen molar-refractivity contribution in [2.45, 2.75) is 25.8 Å². The number of aromatic nitrogens is 2. The van der Waals surface area contributed by atoms with E-state index >= 15 is 0 Å². The Bertz CT molecular complexity index is 559. The average Bonchev–Trinajstić information content (AvgIpc) is 2.44. The van der Waals surface area contributed by atoms with Gasteiger partial charge in [-0.3, -0.25) is 4.98 Å². The highest BCUT2D eigenvalue weighted by Crippen LogP contribution is 2.24. The van der Waals surface area contributed by atoms with Crippen molar-refractivity contribution in [3.05, 3.63) is 52.4 Å². The largest absolute Gasteiger partial charge is 0.384 e. The maximum atomic E-state index is 5.75. The highest BCUT2D eigenvalue weighted by molar-refractivity contribution is 9.10. The fourth-order valence-corrected chi connectivity index (χ4v) is 2.63. The second-order valence-electron chi connectivity index (χ2n) is 4.67. The summed E-state index contributed by atoms with van der Waals surface area (Å²) in [6.45, 7) is 3.11. The first-order valence-corrected chi connectivity index (χ1v) is 7.54. The molecule has 1 unspecified atom stereocenters. The Kier molecular flexibility index (Phi) is 5.49. The van der Waals surface area contributed by atoms with Crippen molar-refractivity contribution in [2.75, 3.05) is 12.3 Å². The van der Waals surface area contributed by atoms with Crippen LogP contribution in [0.2, 0.25) is 0 Å². The minimum Gasteiger partial charge on any atom is -0.384 e. The molecular formula is C15H19BrN4. The van der Waals surface area contributed by atoms with E-state index in [1.54, 1.807) is 6.20 Å². The number of nitrogens with zero attached hydrogens (tertiary/aromatic N) is 2. The summed E-state index contributed by atoms with van der Waals surface area (Å²) < 4.78 is 1.02. The van der Waals surface area contributed by atoms with Gasteiger partial charge in [0, 0.05) is 16.9 Å². The second kappa shape index (κ2) is 7.36. The van der Waals surface area contributed by atoms with Crippen molar-refractivity contribution >= 4 is 21.7 Å². The number of halogens is 1. The van der Waals surface area contributed by atoms with Crippen molar-refractivity contribution in [1.29, 1.82) is 0 Å². The summed E-state index contributed by atoms with van der Waals surface area (Å²) in [5.41, 5.74) is 7.93. The van der Waals surface area contributed by atoms with Gasteiger partial charge in [0.15, 0.2) is 0 Å². The number of nitrogens with two attached hydrogens (primary N) is 1. The van der Waals surface area contributed by atoms with Crippen LogP contribution < -0.4 is 11.1 Å². The van der Waals surface area contributed by atoms with Crippen molar-refractivity contribution in [3.63, 3.8) is 0 Å². The predicted octanol–water partition coefficient (Wildman–Crippen LogP) is 3.10. The molecule has 0 spiro atoms. The van der Waals surface area contributed by atoms with E-state index in [0.717, 1.165) is 35.1 Å². The molecule has 0 radical (unpaired) electrons. The average molecular weight is 335 g/mol. The molecule has 1 atom stereocenters. The zero-order valence-electron chi connectivity index (χ0n) is 11.5. The lowest BCUT2D eigenvalue weighted by molar-refractivity contribution is 0.516. The van der Waals surface area contributed by atoms with E-state index in [2.05, 4.69) is 38.1 Å². The van der Waals surface area contributed by atoms with Gasteiger partial charge in [0.05, 0.1) is 11.7 Å². The van der Waals surface area contributed by atoms with Crippen LogP contribution in [0.4, 0.5) is 5.82 Å². The number of anilines is 1. The summed E-state index contributed by atoms with van der Waals surface area (Å²) in [6.07, 6.45) is 5.48. The minimum atomic E-state index is 0.160. The molecular weight excluding hydrogens is 316 g/mol. The van der Waals surface area contributed by atoms with Crippen LogP contribution in [0.15, 0.2) is 41.1 Å². The van der Waals surface area contributed by atoms with Crippen LogP contribution in [0.3, 0.4) is 0 Å². The predicted molar refractivity (Wildman–Crippen MR) is 85.3 cm³/mol. The Morgan fingerprint density at radius 2 is 2.15 bits per heavy atom. The molecule has 0 aliphatic rings. The Morgan fingerprint density at radius 1 is 1.30 bits per heavy atom. The number of rotatable bonds is 6. The van der Waals surface area contributed by atoms with Crippen LogP contribution in [0, 0.1) is 0 Å². The quantitative estimate of drug-likeness (QED) is 0.851. The Balaban J connectivity index is 2.22. The summed E-state index contributed by atoms with van der Waals surface area (Å²) in [4.78, 5) is 8.53. The number of hydrogen-bond donors (Lipinski definition) is 2. The van der Waals surface area contributed by atoms with Crippen LogP contribution in [0.5, 0.6) is 0 Å². The van der Waals surface area contributed by atoms with Crippen molar-refractivity contribution < 1.29 is 0 Å². The fourth-order valence-electron chi connectivity index (χ4n) is 2.10. The number of pyridine rings is 2. The highest BCUT2D eigenvalue weighted by Gasteiger charge is 2.16. The van der Waals surface area contributed by atoms with Crippen LogP contribution in [0.25, 0.3) is 0 Å². The zero-order chi connectivity index (χ0) is 14.4. The fraction of sp³-hybridized carbons (Fsp3) is 0.333. The smallest absolute Gasteiger partial charge is 0.123 e. The number of nitrogen functional groups attached to an aromatic ring is 1. The van der Waals surface area contributed by atoms with Crippen molar-refractivity contribution in [2.24, 2.45) is 0 Å². The summed E-state index contributed by atoms with van der Waals surface area (Å²) in [6, 6.07) is 8.01. The van der Waals surface area contributed by atoms with E-state index in [9.17, 15) is 0 Å². The second-order valence-corrected chi connectivity index (χ2v) is 5.52. The first-order chi connectivity index (χ1) is 9.70. The van der Waals surface area contributed by atoms with E-state index in [-0.39, 0.29) is 6.04 Å². The Hall–Kier alpha value is -1.46.